The Morgan fingerprint density at radius 3 is 2.74 bits per heavy atom. The Kier molecular flexibility index (Phi) is 3.13. The van der Waals surface area contributed by atoms with Crippen molar-refractivity contribution in [3.8, 4) is 5.82 Å². The second kappa shape index (κ2) is 4.61. The van der Waals surface area contributed by atoms with Gasteiger partial charge in [-0.3, -0.25) is 10.1 Å². The summed E-state index contributed by atoms with van der Waals surface area (Å²) < 4.78 is 14.2. The highest BCUT2D eigenvalue weighted by molar-refractivity contribution is 6.30. The van der Waals surface area contributed by atoms with Crippen molar-refractivity contribution in [2.75, 3.05) is 0 Å². The van der Waals surface area contributed by atoms with Gasteiger partial charge in [0.05, 0.1) is 9.95 Å². The average Bonchev–Trinajstić information content (AvgIpc) is 2.73. The van der Waals surface area contributed by atoms with E-state index in [1.165, 1.54) is 0 Å². The van der Waals surface area contributed by atoms with E-state index < -0.39 is 28.1 Å². The minimum absolute atomic E-state index is 0.0290. The number of halogens is 2. The van der Waals surface area contributed by atoms with Crippen molar-refractivity contribution < 1.29 is 19.2 Å². The fourth-order valence-electron chi connectivity index (χ4n) is 1.34. The second-order valence-electron chi connectivity index (χ2n) is 3.33. The van der Waals surface area contributed by atoms with Crippen LogP contribution in [0.25, 0.3) is 5.82 Å². The van der Waals surface area contributed by atoms with E-state index >= 15 is 0 Å². The van der Waals surface area contributed by atoms with Crippen LogP contribution in [0.2, 0.25) is 5.02 Å². The van der Waals surface area contributed by atoms with Crippen molar-refractivity contribution >= 4 is 23.3 Å². The van der Waals surface area contributed by atoms with Gasteiger partial charge >= 0.3 is 11.7 Å². The number of nitro groups is 1. The molecule has 10 heteroatoms. The van der Waals surface area contributed by atoms with E-state index in [4.69, 9.17) is 16.7 Å². The lowest BCUT2D eigenvalue weighted by Crippen LogP contribution is -2.05. The molecule has 0 aliphatic heterocycles. The number of hydrogen-bond donors (Lipinski definition) is 1. The maximum absolute atomic E-state index is 13.6. The Morgan fingerprint density at radius 2 is 2.26 bits per heavy atom. The number of carboxylic acids is 1. The van der Waals surface area contributed by atoms with Crippen molar-refractivity contribution in [2.45, 2.75) is 0 Å². The van der Waals surface area contributed by atoms with Crippen molar-refractivity contribution in [1.82, 2.24) is 14.8 Å². The lowest BCUT2D eigenvalue weighted by molar-refractivity contribution is -0.385. The van der Waals surface area contributed by atoms with Crippen LogP contribution in [0.3, 0.4) is 0 Å². The Hall–Kier alpha value is -2.55. The summed E-state index contributed by atoms with van der Waals surface area (Å²) in [6.07, 6.45) is 1.87. The highest BCUT2D eigenvalue weighted by Gasteiger charge is 2.26. The van der Waals surface area contributed by atoms with Gasteiger partial charge in [-0.25, -0.2) is 18.9 Å². The molecule has 0 fully saturated rings. The third-order valence-electron chi connectivity index (χ3n) is 2.10. The third-order valence-corrected chi connectivity index (χ3v) is 2.31. The van der Waals surface area contributed by atoms with Crippen LogP contribution in [-0.4, -0.2) is 30.8 Å². The first-order chi connectivity index (χ1) is 8.90. The fraction of sp³-hybridized carbons (Fsp3) is 0. The first kappa shape index (κ1) is 12.9. The summed E-state index contributed by atoms with van der Waals surface area (Å²) in [5.41, 5.74) is -1.56. The molecule has 0 amide bonds. The second-order valence-corrected chi connectivity index (χ2v) is 3.77. The number of rotatable bonds is 3. The molecule has 0 aliphatic carbocycles. The molecule has 19 heavy (non-hydrogen) atoms. The standard InChI is InChI=1S/C9H4ClFN4O4/c10-4-1-5(11)8(12-2-4)14-3-6(15(18)19)7(13-14)9(16)17/h1-3H,(H,16,17). The van der Waals surface area contributed by atoms with Gasteiger partial charge in [-0.2, -0.15) is 5.10 Å². The zero-order valence-electron chi connectivity index (χ0n) is 8.95. The van der Waals surface area contributed by atoms with Gasteiger partial charge in [0.1, 0.15) is 6.20 Å². The molecule has 2 aromatic heterocycles. The van der Waals surface area contributed by atoms with Crippen LogP contribution >= 0.6 is 11.6 Å². The van der Waals surface area contributed by atoms with Gasteiger partial charge in [-0.1, -0.05) is 11.6 Å². The normalized spacial score (nSPS) is 10.4. The molecule has 0 saturated heterocycles. The number of nitrogens with zero attached hydrogens (tertiary/aromatic N) is 4. The Labute approximate surface area is 109 Å². The van der Waals surface area contributed by atoms with Crippen LogP contribution in [0, 0.1) is 15.9 Å². The van der Waals surface area contributed by atoms with Crippen LogP contribution in [0.15, 0.2) is 18.5 Å². The van der Waals surface area contributed by atoms with Gasteiger partial charge in [-0.05, 0) is 6.07 Å². The molecule has 0 radical (unpaired) electrons. The van der Waals surface area contributed by atoms with Crippen LogP contribution in [0.1, 0.15) is 10.5 Å². The monoisotopic (exact) mass is 286 g/mol. The predicted octanol–water partition coefficient (Wildman–Crippen LogP) is 1.67. The van der Waals surface area contributed by atoms with E-state index in [1.54, 1.807) is 0 Å². The molecule has 0 spiro atoms. The molecule has 0 aliphatic rings. The largest absolute Gasteiger partial charge is 0.476 e. The predicted molar refractivity (Wildman–Crippen MR) is 59.9 cm³/mol. The number of carbonyl (C=O) groups is 1. The van der Waals surface area contributed by atoms with Crippen LogP contribution < -0.4 is 0 Å². The van der Waals surface area contributed by atoms with Crippen molar-refractivity contribution in [3.05, 3.63) is 45.1 Å². The lowest BCUT2D eigenvalue weighted by atomic mass is 10.4. The molecule has 0 bridgehead atoms. The molecule has 0 aromatic carbocycles. The SMILES string of the molecule is O=C(O)c1nn(-c2ncc(Cl)cc2F)cc1[N+](=O)[O-]. The summed E-state index contributed by atoms with van der Waals surface area (Å²) in [7, 11) is 0. The quantitative estimate of drug-likeness (QED) is 0.678. The van der Waals surface area contributed by atoms with E-state index in [1.807, 2.05) is 0 Å². The average molecular weight is 287 g/mol. The summed E-state index contributed by atoms with van der Waals surface area (Å²) in [6, 6.07) is 0.928. The van der Waals surface area contributed by atoms with Gasteiger partial charge in [0, 0.05) is 6.20 Å². The molecule has 2 aromatic rings. The van der Waals surface area contributed by atoms with Crippen molar-refractivity contribution in [3.63, 3.8) is 0 Å². The zero-order chi connectivity index (χ0) is 14.2. The zero-order valence-corrected chi connectivity index (χ0v) is 9.70. The van der Waals surface area contributed by atoms with E-state index in [-0.39, 0.29) is 10.8 Å². The number of hydrogen-bond acceptors (Lipinski definition) is 5. The highest BCUT2D eigenvalue weighted by atomic mass is 35.5. The summed E-state index contributed by atoms with van der Waals surface area (Å²) in [5, 5.41) is 22.9. The fourth-order valence-corrected chi connectivity index (χ4v) is 1.48. The van der Waals surface area contributed by atoms with Gasteiger partial charge in [0.15, 0.2) is 11.6 Å². The molecule has 1 N–H and O–H groups in total. The molecule has 2 rings (SSSR count). The molecule has 8 nitrogen and oxygen atoms in total. The van der Waals surface area contributed by atoms with Gasteiger partial charge in [0.2, 0.25) is 5.69 Å². The molecule has 0 atom stereocenters. The van der Waals surface area contributed by atoms with Crippen LogP contribution in [0.4, 0.5) is 10.1 Å². The Morgan fingerprint density at radius 1 is 1.58 bits per heavy atom. The summed E-state index contributed by atoms with van der Waals surface area (Å²) in [5.74, 6) is -2.87. The van der Waals surface area contributed by atoms with Gasteiger partial charge in [-0.15, -0.1) is 0 Å². The van der Waals surface area contributed by atoms with E-state index in [9.17, 15) is 19.3 Å². The first-order valence-corrected chi connectivity index (χ1v) is 5.06. The van der Waals surface area contributed by atoms with Crippen LogP contribution in [-0.2, 0) is 0 Å². The van der Waals surface area contributed by atoms with E-state index in [0.717, 1.165) is 18.5 Å². The molecule has 0 saturated carbocycles. The number of aromatic nitrogens is 3. The Bertz CT molecular complexity index is 655. The number of carboxylic acid groups (broad SMARTS) is 1. The lowest BCUT2D eigenvalue weighted by Gasteiger charge is -2.00. The van der Waals surface area contributed by atoms with E-state index in [0.29, 0.717) is 4.68 Å². The molecule has 98 valence electrons. The summed E-state index contributed by atoms with van der Waals surface area (Å²) in [6.45, 7) is 0. The number of aromatic carboxylic acids is 1. The summed E-state index contributed by atoms with van der Waals surface area (Å²) in [4.78, 5) is 24.1. The van der Waals surface area contributed by atoms with Crippen LogP contribution in [0.5, 0.6) is 0 Å². The Balaban J connectivity index is 2.60. The first-order valence-electron chi connectivity index (χ1n) is 4.69. The highest BCUT2D eigenvalue weighted by Crippen LogP contribution is 2.21. The van der Waals surface area contributed by atoms with Crippen molar-refractivity contribution in [1.29, 1.82) is 0 Å². The maximum Gasteiger partial charge on any atom is 0.363 e. The molecule has 0 unspecified atom stereocenters. The van der Waals surface area contributed by atoms with Gasteiger partial charge in [0.25, 0.3) is 0 Å². The maximum atomic E-state index is 13.6. The topological polar surface area (TPSA) is 111 Å². The van der Waals surface area contributed by atoms with E-state index in [2.05, 4.69) is 10.1 Å². The van der Waals surface area contributed by atoms with Gasteiger partial charge < -0.3 is 5.11 Å². The minimum atomic E-state index is -1.60. The third kappa shape index (κ3) is 2.36. The summed E-state index contributed by atoms with van der Waals surface area (Å²) >= 11 is 5.51. The smallest absolute Gasteiger partial charge is 0.363 e. The molecule has 2 heterocycles. The van der Waals surface area contributed by atoms with Crippen molar-refractivity contribution in [2.24, 2.45) is 0 Å². The number of pyridine rings is 1. The minimum Gasteiger partial charge on any atom is -0.476 e. The molecular weight excluding hydrogens is 283 g/mol. The molecular formula is C9H4ClFN4O4.